The average molecular weight is 305 g/mol. The van der Waals surface area contributed by atoms with Crippen LogP contribution in [0, 0.1) is 0 Å². The fraction of sp³-hybridized carbons (Fsp3) is 0.667. The summed E-state index contributed by atoms with van der Waals surface area (Å²) in [7, 11) is 0. The van der Waals surface area contributed by atoms with Gasteiger partial charge in [0.25, 0.3) is 0 Å². The normalized spacial score (nSPS) is 23.5. The molecule has 1 aromatic rings. The van der Waals surface area contributed by atoms with Gasteiger partial charge in [-0.25, -0.2) is 9.97 Å². The zero-order valence-corrected chi connectivity index (χ0v) is 12.8. The first-order valence-electron chi connectivity index (χ1n) is 7.92. The zero-order chi connectivity index (χ0) is 15.4. The second-order valence-corrected chi connectivity index (χ2v) is 5.82. The number of anilines is 1. The van der Waals surface area contributed by atoms with Crippen molar-refractivity contribution in [1.82, 2.24) is 19.8 Å². The predicted octanol–water partition coefficient (Wildman–Crippen LogP) is 0.272. The summed E-state index contributed by atoms with van der Waals surface area (Å²) >= 11 is 0. The molecule has 1 unspecified atom stereocenters. The van der Waals surface area contributed by atoms with E-state index >= 15 is 0 Å². The molecule has 2 N–H and O–H groups in total. The molecule has 0 spiro atoms. The number of carbonyl (C=O) groups excluding carboxylic acids is 1. The predicted molar refractivity (Wildman–Crippen MR) is 81.9 cm³/mol. The highest BCUT2D eigenvalue weighted by atomic mass is 16.5. The number of nitrogens with zero attached hydrogens (tertiary/aromatic N) is 4. The van der Waals surface area contributed by atoms with Crippen molar-refractivity contribution in [3.05, 3.63) is 18.1 Å². The molecule has 120 valence electrons. The van der Waals surface area contributed by atoms with Gasteiger partial charge in [0.1, 0.15) is 11.6 Å². The fourth-order valence-electron chi connectivity index (χ4n) is 3.13. The fourth-order valence-corrected chi connectivity index (χ4v) is 3.13. The minimum atomic E-state index is -0.0723. The van der Waals surface area contributed by atoms with Crippen LogP contribution >= 0.6 is 0 Å². The van der Waals surface area contributed by atoms with E-state index in [2.05, 4.69) is 14.9 Å². The van der Waals surface area contributed by atoms with Gasteiger partial charge in [0, 0.05) is 19.3 Å². The molecular formula is C15H23N5O2. The summed E-state index contributed by atoms with van der Waals surface area (Å²) in [5.41, 5.74) is 5.72. The highest BCUT2D eigenvalue weighted by Crippen LogP contribution is 2.21. The summed E-state index contributed by atoms with van der Waals surface area (Å²) in [6, 6.07) is 1.60. The van der Waals surface area contributed by atoms with Crippen LogP contribution in [0.4, 0.5) is 5.82 Å². The Labute approximate surface area is 130 Å². The first-order chi connectivity index (χ1) is 10.7. The van der Waals surface area contributed by atoms with Crippen LogP contribution in [0.2, 0.25) is 0 Å². The van der Waals surface area contributed by atoms with Crippen molar-refractivity contribution >= 4 is 11.7 Å². The Morgan fingerprint density at radius 3 is 2.91 bits per heavy atom. The van der Waals surface area contributed by atoms with Gasteiger partial charge in [-0.3, -0.25) is 9.69 Å². The molecule has 22 heavy (non-hydrogen) atoms. The van der Waals surface area contributed by atoms with Gasteiger partial charge in [0.2, 0.25) is 5.91 Å². The Bertz CT molecular complexity index is 518. The molecule has 2 aliphatic rings. The Kier molecular flexibility index (Phi) is 4.84. The summed E-state index contributed by atoms with van der Waals surface area (Å²) in [4.78, 5) is 25.4. The molecule has 3 rings (SSSR count). The number of nitrogen functional groups attached to an aromatic ring is 1. The van der Waals surface area contributed by atoms with E-state index in [0.717, 1.165) is 25.8 Å². The molecule has 3 heterocycles. The number of nitrogens with two attached hydrogens (primary N) is 1. The SMILES string of the molecule is Nc1ccnc(CN2CCCCC2C(=O)N2CCOCC2)n1. The number of piperidine rings is 1. The lowest BCUT2D eigenvalue weighted by Crippen LogP contribution is -2.53. The third-order valence-corrected chi connectivity index (χ3v) is 4.29. The van der Waals surface area contributed by atoms with Gasteiger partial charge < -0.3 is 15.4 Å². The molecule has 0 saturated carbocycles. The summed E-state index contributed by atoms with van der Waals surface area (Å²) < 4.78 is 5.33. The Hall–Kier alpha value is -1.73. The van der Waals surface area contributed by atoms with Crippen molar-refractivity contribution < 1.29 is 9.53 Å². The second-order valence-electron chi connectivity index (χ2n) is 5.82. The van der Waals surface area contributed by atoms with Crippen molar-refractivity contribution in [1.29, 1.82) is 0 Å². The van der Waals surface area contributed by atoms with Gasteiger partial charge >= 0.3 is 0 Å². The number of ether oxygens (including phenoxy) is 1. The van der Waals surface area contributed by atoms with Gasteiger partial charge in [-0.1, -0.05) is 6.42 Å². The van der Waals surface area contributed by atoms with E-state index < -0.39 is 0 Å². The molecule has 0 aliphatic carbocycles. The molecule has 1 amide bonds. The monoisotopic (exact) mass is 305 g/mol. The van der Waals surface area contributed by atoms with Gasteiger partial charge in [0.15, 0.2) is 0 Å². The maximum atomic E-state index is 12.8. The number of hydrogen-bond acceptors (Lipinski definition) is 6. The average Bonchev–Trinajstić information content (AvgIpc) is 2.56. The standard InChI is InChI=1S/C15H23N5O2/c16-13-4-5-17-14(18-13)11-20-6-2-1-3-12(20)15(21)19-7-9-22-10-8-19/h4-5,12H,1-3,6-11H2,(H2,16,17,18). The van der Waals surface area contributed by atoms with Crippen LogP contribution in [0.5, 0.6) is 0 Å². The summed E-state index contributed by atoms with van der Waals surface area (Å²) in [6.07, 6.45) is 4.77. The minimum Gasteiger partial charge on any atom is -0.384 e. The van der Waals surface area contributed by atoms with Crippen LogP contribution in [-0.4, -0.2) is 64.6 Å². The van der Waals surface area contributed by atoms with E-state index in [1.165, 1.54) is 0 Å². The van der Waals surface area contributed by atoms with E-state index in [4.69, 9.17) is 10.5 Å². The first kappa shape index (κ1) is 15.2. The van der Waals surface area contributed by atoms with Crippen LogP contribution in [0.3, 0.4) is 0 Å². The highest BCUT2D eigenvalue weighted by Gasteiger charge is 2.32. The minimum absolute atomic E-state index is 0.0723. The highest BCUT2D eigenvalue weighted by molar-refractivity contribution is 5.82. The summed E-state index contributed by atoms with van der Waals surface area (Å²) in [6.45, 7) is 4.13. The molecule has 0 aromatic carbocycles. The van der Waals surface area contributed by atoms with Crippen LogP contribution in [0.25, 0.3) is 0 Å². The number of carbonyl (C=O) groups is 1. The van der Waals surface area contributed by atoms with E-state index in [-0.39, 0.29) is 11.9 Å². The largest absolute Gasteiger partial charge is 0.384 e. The third kappa shape index (κ3) is 3.53. The van der Waals surface area contributed by atoms with Crippen molar-refractivity contribution in [2.75, 3.05) is 38.6 Å². The van der Waals surface area contributed by atoms with Crippen LogP contribution in [0.1, 0.15) is 25.1 Å². The van der Waals surface area contributed by atoms with Crippen molar-refractivity contribution in [3.63, 3.8) is 0 Å². The smallest absolute Gasteiger partial charge is 0.240 e. The van der Waals surface area contributed by atoms with E-state index in [9.17, 15) is 4.79 Å². The van der Waals surface area contributed by atoms with Gasteiger partial charge in [-0.15, -0.1) is 0 Å². The van der Waals surface area contributed by atoms with Gasteiger partial charge in [0.05, 0.1) is 25.8 Å². The molecule has 2 aliphatic heterocycles. The van der Waals surface area contributed by atoms with Gasteiger partial charge in [-0.05, 0) is 25.5 Å². The molecule has 2 fully saturated rings. The molecule has 0 bridgehead atoms. The quantitative estimate of drug-likeness (QED) is 0.863. The summed E-state index contributed by atoms with van der Waals surface area (Å²) in [5, 5.41) is 0. The molecular weight excluding hydrogens is 282 g/mol. The lowest BCUT2D eigenvalue weighted by atomic mass is 10.0. The lowest BCUT2D eigenvalue weighted by molar-refractivity contribution is -0.142. The molecule has 7 nitrogen and oxygen atoms in total. The number of likely N-dealkylation sites (tertiary alicyclic amines) is 1. The topological polar surface area (TPSA) is 84.6 Å². The van der Waals surface area contributed by atoms with E-state index in [1.54, 1.807) is 12.3 Å². The molecule has 0 radical (unpaired) electrons. The number of rotatable bonds is 3. The molecule has 2 saturated heterocycles. The van der Waals surface area contributed by atoms with E-state index in [1.807, 2.05) is 4.90 Å². The first-order valence-corrected chi connectivity index (χ1v) is 7.92. The zero-order valence-electron chi connectivity index (χ0n) is 12.8. The Morgan fingerprint density at radius 1 is 1.32 bits per heavy atom. The third-order valence-electron chi connectivity index (χ3n) is 4.29. The maximum absolute atomic E-state index is 12.8. The van der Waals surface area contributed by atoms with Gasteiger partial charge in [-0.2, -0.15) is 0 Å². The van der Waals surface area contributed by atoms with Crippen molar-refractivity contribution in [3.8, 4) is 0 Å². The summed E-state index contributed by atoms with van der Waals surface area (Å²) in [5.74, 6) is 1.37. The number of amides is 1. The van der Waals surface area contributed by atoms with Crippen LogP contribution in [0.15, 0.2) is 12.3 Å². The second kappa shape index (κ2) is 7.02. The van der Waals surface area contributed by atoms with Crippen LogP contribution in [-0.2, 0) is 16.1 Å². The molecule has 7 heteroatoms. The maximum Gasteiger partial charge on any atom is 0.240 e. The van der Waals surface area contributed by atoms with Crippen LogP contribution < -0.4 is 5.73 Å². The number of aromatic nitrogens is 2. The lowest BCUT2D eigenvalue weighted by Gasteiger charge is -2.38. The van der Waals surface area contributed by atoms with Crippen molar-refractivity contribution in [2.45, 2.75) is 31.8 Å². The number of hydrogen-bond donors (Lipinski definition) is 1. The van der Waals surface area contributed by atoms with E-state index in [0.29, 0.717) is 44.5 Å². The Morgan fingerprint density at radius 2 is 2.14 bits per heavy atom. The molecule has 1 aromatic heterocycles. The molecule has 1 atom stereocenters. The number of morpholine rings is 1. The van der Waals surface area contributed by atoms with Crippen molar-refractivity contribution in [2.24, 2.45) is 0 Å². The Balaban J connectivity index is 1.69.